The highest BCUT2D eigenvalue weighted by atomic mass is 16.3. The van der Waals surface area contributed by atoms with Crippen molar-refractivity contribution in [3.63, 3.8) is 0 Å². The molecule has 0 aromatic heterocycles. The largest absolute Gasteiger partial charge is 0.508 e. The van der Waals surface area contributed by atoms with Gasteiger partial charge in [0.1, 0.15) is 5.75 Å². The Balaban J connectivity index is 2.18. The molecule has 0 bridgehead atoms. The molecule has 0 atom stereocenters. The normalized spacial score (nSPS) is 11.8. The molecular weight excluding hydrogens is 256 g/mol. The fraction of sp³-hybridized carbons (Fsp3) is 0.100. The Morgan fingerprint density at radius 1 is 0.667 bits per heavy atom. The molecule has 104 valence electrons. The first-order valence-corrected chi connectivity index (χ1v) is 7.10. The van der Waals surface area contributed by atoms with Crippen molar-refractivity contribution in [1.82, 2.24) is 0 Å². The van der Waals surface area contributed by atoms with Gasteiger partial charge in [0, 0.05) is 5.41 Å². The average Bonchev–Trinajstić information content (AvgIpc) is 2.62. The van der Waals surface area contributed by atoms with Gasteiger partial charge in [-0.25, -0.2) is 0 Å². The lowest BCUT2D eigenvalue weighted by Crippen LogP contribution is -2.25. The maximum atomic E-state index is 7.00. The van der Waals surface area contributed by atoms with Crippen LogP contribution >= 0.6 is 0 Å². The van der Waals surface area contributed by atoms with E-state index in [4.69, 9.17) is 1.43 Å². The number of rotatable bonds is 4. The zero-order chi connectivity index (χ0) is 15.4. The average molecular weight is 275 g/mol. The van der Waals surface area contributed by atoms with E-state index in [1.807, 2.05) is 36.4 Å². The summed E-state index contributed by atoms with van der Waals surface area (Å²) < 4.78 is 7.00. The number of phenols is 1. The predicted molar refractivity (Wildman–Crippen MR) is 86.5 cm³/mol. The molecule has 0 fully saturated rings. The molecule has 0 radical (unpaired) electrons. The molecule has 3 aromatic carbocycles. The number of hydrogen-bond donors (Lipinski definition) is 1. The second-order valence-corrected chi connectivity index (χ2v) is 5.38. The van der Waals surface area contributed by atoms with E-state index in [-0.39, 0.29) is 5.41 Å². The van der Waals surface area contributed by atoms with Gasteiger partial charge in [0.25, 0.3) is 1.43 Å². The van der Waals surface area contributed by atoms with Gasteiger partial charge in [0.15, 0.2) is 0 Å². The fourth-order valence-electron chi connectivity index (χ4n) is 2.83. The standard InChI is InChI=1S/C20H18O/c1-20(16-8-4-2-5-9-16,17-10-6-3-7-11-17)18-12-14-19(21)15-13-18/h2-15,21H,1H3/i/hD. The highest BCUT2D eigenvalue weighted by Gasteiger charge is 2.30. The third-order valence-electron chi connectivity index (χ3n) is 4.13. The molecule has 21 heavy (non-hydrogen) atoms. The highest BCUT2D eigenvalue weighted by Crippen LogP contribution is 2.38. The van der Waals surface area contributed by atoms with Gasteiger partial charge in [-0.1, -0.05) is 72.8 Å². The molecule has 1 N–H and O–H groups in total. The zero-order valence-corrected chi connectivity index (χ0v) is 12.0. The number of aromatic hydroxyl groups is 1. The van der Waals surface area contributed by atoms with Crippen LogP contribution in [0, 0.1) is 0 Å². The van der Waals surface area contributed by atoms with Crippen LogP contribution in [0.25, 0.3) is 0 Å². The van der Waals surface area contributed by atoms with Crippen molar-refractivity contribution in [1.29, 1.82) is 1.43 Å². The van der Waals surface area contributed by atoms with Crippen molar-refractivity contribution >= 4 is 0 Å². The van der Waals surface area contributed by atoms with Crippen LogP contribution in [-0.4, -0.2) is 6.54 Å². The molecular formula is C20H18O. The van der Waals surface area contributed by atoms with Gasteiger partial charge in [-0.2, -0.15) is 0 Å². The molecule has 3 rings (SSSR count). The lowest BCUT2D eigenvalue weighted by molar-refractivity contribution is 0.474. The topological polar surface area (TPSA) is 20.2 Å². The van der Waals surface area contributed by atoms with Gasteiger partial charge < -0.3 is 5.11 Å². The van der Waals surface area contributed by atoms with Crippen LogP contribution in [-0.2, 0) is 5.41 Å². The van der Waals surface area contributed by atoms with Crippen LogP contribution in [0.1, 0.15) is 23.6 Å². The number of hydrogen-bond acceptors (Lipinski definition) is 1. The van der Waals surface area contributed by atoms with E-state index in [0.29, 0.717) is 5.75 Å². The van der Waals surface area contributed by atoms with Crippen molar-refractivity contribution in [2.24, 2.45) is 0 Å². The van der Waals surface area contributed by atoms with Crippen molar-refractivity contribution < 1.29 is 5.11 Å². The smallest absolute Gasteiger partial charge is 0.293 e. The summed E-state index contributed by atoms with van der Waals surface area (Å²) in [6.45, 7) is 2.23. The van der Waals surface area contributed by atoms with Gasteiger partial charge in [0.05, 0.1) is 0 Å². The van der Waals surface area contributed by atoms with Crippen LogP contribution < -0.4 is 0 Å². The summed E-state index contributed by atoms with van der Waals surface area (Å²) in [4.78, 5) is 0. The summed E-state index contributed by atoms with van der Waals surface area (Å²) >= 11 is 0. The Morgan fingerprint density at radius 3 is 1.52 bits per heavy atom. The maximum absolute atomic E-state index is 7.00. The second-order valence-electron chi connectivity index (χ2n) is 5.38. The van der Waals surface area contributed by atoms with Crippen LogP contribution in [0.4, 0.5) is 0 Å². The first-order valence-electron chi connectivity index (χ1n) is 7.51. The van der Waals surface area contributed by atoms with E-state index >= 15 is 0 Å². The Hall–Kier alpha value is -2.54. The molecule has 1 nitrogen and oxygen atoms in total. The summed E-state index contributed by atoms with van der Waals surface area (Å²) in [6.07, 6.45) is 0. The molecule has 3 aromatic rings. The van der Waals surface area contributed by atoms with Gasteiger partial charge in [0.2, 0.25) is 0 Å². The maximum Gasteiger partial charge on any atom is 0.293 e. The van der Waals surface area contributed by atoms with Crippen molar-refractivity contribution in [3.05, 3.63) is 102 Å². The molecule has 1 heteroatoms. The minimum absolute atomic E-state index is 0.247. The third-order valence-corrected chi connectivity index (χ3v) is 4.13. The van der Waals surface area contributed by atoms with Crippen molar-refractivity contribution in [2.45, 2.75) is 12.3 Å². The zero-order valence-electron chi connectivity index (χ0n) is 13.0. The molecule has 0 aliphatic rings. The van der Waals surface area contributed by atoms with Crippen LogP contribution in [0.3, 0.4) is 0 Å². The van der Waals surface area contributed by atoms with Crippen LogP contribution in [0.5, 0.6) is 5.75 Å². The molecule has 0 heterocycles. The van der Waals surface area contributed by atoms with Gasteiger partial charge >= 0.3 is 0 Å². The van der Waals surface area contributed by atoms with Gasteiger partial charge in [-0.05, 0) is 35.7 Å². The molecule has 0 aliphatic heterocycles. The van der Waals surface area contributed by atoms with E-state index < -0.39 is 0 Å². The monoisotopic (exact) mass is 275 g/mol. The van der Waals surface area contributed by atoms with E-state index in [9.17, 15) is 0 Å². The lowest BCUT2D eigenvalue weighted by Gasteiger charge is -2.32. The van der Waals surface area contributed by atoms with E-state index in [1.165, 1.54) is 16.7 Å². The van der Waals surface area contributed by atoms with Gasteiger partial charge in [-0.3, -0.25) is 0 Å². The molecule has 0 saturated carbocycles. The molecule has 0 amide bonds. The molecule has 0 spiro atoms. The number of phenolic OH excluding ortho intramolecular Hbond substituents is 1. The summed E-state index contributed by atoms with van der Waals surface area (Å²) in [6, 6.07) is 28.7. The van der Waals surface area contributed by atoms with Gasteiger partial charge in [-0.15, -0.1) is 0 Å². The minimum atomic E-state index is -0.247. The molecule has 0 aliphatic carbocycles. The molecule has 0 saturated heterocycles. The van der Waals surface area contributed by atoms with Crippen LogP contribution in [0.15, 0.2) is 84.9 Å². The Kier molecular flexibility index (Phi) is 3.17. The van der Waals surface area contributed by atoms with E-state index in [2.05, 4.69) is 60.6 Å². The summed E-state index contributed by atoms with van der Waals surface area (Å²) in [5.74, 6) is 0.548. The second kappa shape index (κ2) is 5.45. The van der Waals surface area contributed by atoms with Crippen molar-refractivity contribution in [2.75, 3.05) is 0 Å². The Bertz CT molecular complexity index is 681. The SMILES string of the molecule is [2H]Oc1ccc(C(C)(c2ccccc2)c2ccccc2)cc1. The summed E-state index contributed by atoms with van der Waals surface area (Å²) in [7, 11) is 0. The first kappa shape index (κ1) is 12.2. The highest BCUT2D eigenvalue weighted by molar-refractivity contribution is 5.50. The Labute approximate surface area is 127 Å². The third kappa shape index (κ3) is 2.43. The quantitative estimate of drug-likeness (QED) is 0.681. The van der Waals surface area contributed by atoms with E-state index in [0.717, 1.165) is 0 Å². The Morgan fingerprint density at radius 2 is 1.10 bits per heavy atom. The van der Waals surface area contributed by atoms with E-state index in [1.54, 1.807) is 0 Å². The summed E-state index contributed by atoms with van der Waals surface area (Å²) in [5, 5.41) is 4.54. The molecule has 0 unspecified atom stereocenters. The lowest BCUT2D eigenvalue weighted by atomic mass is 9.71. The fourth-order valence-corrected chi connectivity index (χ4v) is 2.83. The van der Waals surface area contributed by atoms with Crippen LogP contribution in [0.2, 0.25) is 0 Å². The number of benzene rings is 3. The first-order chi connectivity index (χ1) is 10.7. The minimum Gasteiger partial charge on any atom is -0.508 e. The summed E-state index contributed by atoms with van der Waals surface area (Å²) in [5.41, 5.74) is 3.40. The predicted octanol–water partition coefficient (Wildman–Crippen LogP) is 4.75. The van der Waals surface area contributed by atoms with Crippen molar-refractivity contribution in [3.8, 4) is 5.75 Å².